The number of nitrogens with zero attached hydrogens (tertiary/aromatic N) is 3. The smallest absolute Gasteiger partial charge is 0.185 e. The molecule has 0 saturated carbocycles. The Balaban J connectivity index is 1.83. The molecule has 4 nitrogen and oxygen atoms in total. The molecule has 2 heterocycles. The van der Waals surface area contributed by atoms with E-state index in [2.05, 4.69) is 34.3 Å². The van der Waals surface area contributed by atoms with Crippen LogP contribution >= 0.6 is 11.3 Å². The number of rotatable bonds is 6. The van der Waals surface area contributed by atoms with E-state index in [0.717, 1.165) is 26.2 Å². The maximum atomic E-state index is 4.71. The van der Waals surface area contributed by atoms with Crippen LogP contribution in [0.3, 0.4) is 0 Å². The lowest BCUT2D eigenvalue weighted by molar-refractivity contribution is 0.258. The number of nitrogens with one attached hydrogen (secondary N) is 1. The van der Waals surface area contributed by atoms with Gasteiger partial charge in [-0.05, 0) is 19.5 Å². The standard InChI is InChI=1S/C13H24N4S/c1-3-5-16-6-8-17(9-7-16)13-15-12(11-18-13)10-14-4-2/h11,14H,3-10H2,1-2H3. The first-order valence-electron chi connectivity index (χ1n) is 6.96. The van der Waals surface area contributed by atoms with Crippen molar-refractivity contribution in [3.05, 3.63) is 11.1 Å². The van der Waals surface area contributed by atoms with Crippen molar-refractivity contribution in [2.45, 2.75) is 26.8 Å². The Bertz CT molecular complexity index is 345. The molecule has 0 unspecified atom stereocenters. The molecule has 1 aromatic heterocycles. The fraction of sp³-hybridized carbons (Fsp3) is 0.769. The number of hydrogen-bond acceptors (Lipinski definition) is 5. The molecule has 1 aromatic rings. The number of piperazine rings is 1. The molecule has 2 rings (SSSR count). The van der Waals surface area contributed by atoms with Crippen molar-refractivity contribution in [1.29, 1.82) is 0 Å². The number of hydrogen-bond donors (Lipinski definition) is 1. The second-order valence-corrected chi connectivity index (χ2v) is 5.57. The topological polar surface area (TPSA) is 31.4 Å². The van der Waals surface area contributed by atoms with Gasteiger partial charge < -0.3 is 10.2 Å². The van der Waals surface area contributed by atoms with Crippen LogP contribution in [0.1, 0.15) is 26.0 Å². The van der Waals surface area contributed by atoms with Gasteiger partial charge in [0.1, 0.15) is 0 Å². The Morgan fingerprint density at radius 3 is 2.72 bits per heavy atom. The molecule has 0 amide bonds. The largest absolute Gasteiger partial charge is 0.346 e. The second kappa shape index (κ2) is 7.07. The van der Waals surface area contributed by atoms with Crippen LogP contribution in [-0.2, 0) is 6.54 Å². The fourth-order valence-corrected chi connectivity index (χ4v) is 3.13. The molecule has 18 heavy (non-hydrogen) atoms. The van der Waals surface area contributed by atoms with Gasteiger partial charge in [0, 0.05) is 38.1 Å². The zero-order valence-electron chi connectivity index (χ0n) is 11.5. The molecule has 5 heteroatoms. The van der Waals surface area contributed by atoms with Crippen LogP contribution in [0.5, 0.6) is 0 Å². The Morgan fingerprint density at radius 2 is 2.06 bits per heavy atom. The highest BCUT2D eigenvalue weighted by Gasteiger charge is 2.18. The zero-order valence-corrected chi connectivity index (χ0v) is 12.3. The molecule has 0 radical (unpaired) electrons. The molecule has 0 aliphatic carbocycles. The summed E-state index contributed by atoms with van der Waals surface area (Å²) in [6.45, 7) is 12.1. The molecular weight excluding hydrogens is 244 g/mol. The first-order chi connectivity index (χ1) is 8.83. The molecule has 1 fully saturated rings. The van der Waals surface area contributed by atoms with E-state index in [4.69, 9.17) is 4.98 Å². The second-order valence-electron chi connectivity index (χ2n) is 4.73. The fourth-order valence-electron chi connectivity index (χ4n) is 2.25. The van der Waals surface area contributed by atoms with Crippen LogP contribution in [0.2, 0.25) is 0 Å². The molecule has 0 bridgehead atoms. The third-order valence-electron chi connectivity index (χ3n) is 3.28. The summed E-state index contributed by atoms with van der Waals surface area (Å²) >= 11 is 1.78. The monoisotopic (exact) mass is 268 g/mol. The van der Waals surface area contributed by atoms with Gasteiger partial charge in [-0.2, -0.15) is 0 Å². The Labute approximate surface area is 114 Å². The minimum atomic E-state index is 0.892. The maximum absolute atomic E-state index is 4.71. The van der Waals surface area contributed by atoms with Crippen molar-refractivity contribution in [3.8, 4) is 0 Å². The van der Waals surface area contributed by atoms with Crippen LogP contribution in [0.4, 0.5) is 5.13 Å². The van der Waals surface area contributed by atoms with E-state index in [-0.39, 0.29) is 0 Å². The Kier molecular flexibility index (Phi) is 5.41. The van der Waals surface area contributed by atoms with E-state index >= 15 is 0 Å². The summed E-state index contributed by atoms with van der Waals surface area (Å²) < 4.78 is 0. The van der Waals surface area contributed by atoms with Crippen molar-refractivity contribution >= 4 is 16.5 Å². The first-order valence-corrected chi connectivity index (χ1v) is 7.83. The molecule has 1 aliphatic rings. The van der Waals surface area contributed by atoms with Gasteiger partial charge in [0.25, 0.3) is 0 Å². The minimum Gasteiger partial charge on any atom is -0.346 e. The number of anilines is 1. The minimum absolute atomic E-state index is 0.892. The molecule has 0 spiro atoms. The summed E-state index contributed by atoms with van der Waals surface area (Å²) in [6, 6.07) is 0. The highest BCUT2D eigenvalue weighted by Crippen LogP contribution is 2.21. The summed E-state index contributed by atoms with van der Waals surface area (Å²) in [4.78, 5) is 9.67. The van der Waals surface area contributed by atoms with Crippen LogP contribution < -0.4 is 10.2 Å². The van der Waals surface area contributed by atoms with E-state index in [0.29, 0.717) is 0 Å². The lowest BCUT2D eigenvalue weighted by atomic mass is 10.3. The molecule has 1 saturated heterocycles. The average molecular weight is 268 g/mol. The highest BCUT2D eigenvalue weighted by atomic mass is 32.1. The van der Waals surface area contributed by atoms with Crippen molar-refractivity contribution in [3.63, 3.8) is 0 Å². The van der Waals surface area contributed by atoms with E-state index in [1.54, 1.807) is 11.3 Å². The van der Waals surface area contributed by atoms with Crippen molar-refractivity contribution in [1.82, 2.24) is 15.2 Å². The van der Waals surface area contributed by atoms with Crippen LogP contribution in [-0.4, -0.2) is 49.2 Å². The molecular formula is C13H24N4S. The summed E-state index contributed by atoms with van der Waals surface area (Å²) in [5.74, 6) is 0. The Morgan fingerprint density at radius 1 is 1.28 bits per heavy atom. The van der Waals surface area contributed by atoms with Crippen LogP contribution in [0.15, 0.2) is 5.38 Å². The van der Waals surface area contributed by atoms with Gasteiger partial charge in [-0.1, -0.05) is 13.8 Å². The maximum Gasteiger partial charge on any atom is 0.185 e. The third-order valence-corrected chi connectivity index (χ3v) is 4.23. The van der Waals surface area contributed by atoms with Crippen molar-refractivity contribution in [2.24, 2.45) is 0 Å². The molecule has 0 atom stereocenters. The zero-order chi connectivity index (χ0) is 12.8. The van der Waals surface area contributed by atoms with Crippen LogP contribution in [0.25, 0.3) is 0 Å². The van der Waals surface area contributed by atoms with Crippen LogP contribution in [0, 0.1) is 0 Å². The van der Waals surface area contributed by atoms with Gasteiger partial charge in [0.2, 0.25) is 0 Å². The third kappa shape index (κ3) is 3.67. The lowest BCUT2D eigenvalue weighted by Gasteiger charge is -2.34. The summed E-state index contributed by atoms with van der Waals surface area (Å²) in [7, 11) is 0. The average Bonchev–Trinajstić information content (AvgIpc) is 2.86. The molecule has 0 aromatic carbocycles. The number of thiazole rings is 1. The highest BCUT2D eigenvalue weighted by molar-refractivity contribution is 7.13. The van der Waals surface area contributed by atoms with Gasteiger partial charge >= 0.3 is 0 Å². The summed E-state index contributed by atoms with van der Waals surface area (Å²) in [5.41, 5.74) is 1.17. The van der Waals surface area contributed by atoms with Gasteiger partial charge in [-0.15, -0.1) is 11.3 Å². The number of aromatic nitrogens is 1. The quantitative estimate of drug-likeness (QED) is 0.852. The van der Waals surface area contributed by atoms with E-state index in [1.807, 2.05) is 0 Å². The predicted octanol–water partition coefficient (Wildman–Crippen LogP) is 1.78. The SMILES string of the molecule is CCCN1CCN(c2nc(CNCC)cs2)CC1. The molecule has 1 aliphatic heterocycles. The normalized spacial score (nSPS) is 17.3. The summed E-state index contributed by atoms with van der Waals surface area (Å²) in [5, 5.41) is 6.69. The summed E-state index contributed by atoms with van der Waals surface area (Å²) in [6.07, 6.45) is 1.25. The van der Waals surface area contributed by atoms with E-state index in [9.17, 15) is 0 Å². The van der Waals surface area contributed by atoms with E-state index in [1.165, 1.54) is 36.9 Å². The van der Waals surface area contributed by atoms with Gasteiger partial charge in [-0.3, -0.25) is 4.90 Å². The van der Waals surface area contributed by atoms with Crippen molar-refractivity contribution < 1.29 is 0 Å². The molecule has 102 valence electrons. The van der Waals surface area contributed by atoms with Gasteiger partial charge in [0.05, 0.1) is 5.69 Å². The van der Waals surface area contributed by atoms with E-state index < -0.39 is 0 Å². The molecule has 1 N–H and O–H groups in total. The van der Waals surface area contributed by atoms with Gasteiger partial charge in [-0.25, -0.2) is 4.98 Å². The lowest BCUT2D eigenvalue weighted by Crippen LogP contribution is -2.46. The van der Waals surface area contributed by atoms with Gasteiger partial charge in [0.15, 0.2) is 5.13 Å². The predicted molar refractivity (Wildman–Crippen MR) is 78.4 cm³/mol. The Hall–Kier alpha value is -0.650. The van der Waals surface area contributed by atoms with Crippen molar-refractivity contribution in [2.75, 3.05) is 44.2 Å². The first kappa shape index (κ1) is 13.8.